The summed E-state index contributed by atoms with van der Waals surface area (Å²) in [4.78, 5) is 12.4. The van der Waals surface area contributed by atoms with Crippen molar-refractivity contribution < 1.29 is 17.6 Å². The monoisotopic (exact) mass is 396 g/mol. The molecule has 142 valence electrons. The Labute approximate surface area is 158 Å². The summed E-state index contributed by atoms with van der Waals surface area (Å²) in [5.74, 6) is 0.952. The van der Waals surface area contributed by atoms with E-state index in [1.807, 2.05) is 19.1 Å². The molecule has 1 aliphatic heterocycles. The van der Waals surface area contributed by atoms with Gasteiger partial charge < -0.3 is 9.73 Å². The molecule has 1 fully saturated rings. The van der Waals surface area contributed by atoms with E-state index < -0.39 is 10.0 Å². The molecule has 1 N–H and O–H groups in total. The third-order valence-corrected chi connectivity index (χ3v) is 8.23. The molecular weight excluding hydrogens is 372 g/mol. The van der Waals surface area contributed by atoms with E-state index >= 15 is 0 Å². The molecule has 2 aromatic heterocycles. The van der Waals surface area contributed by atoms with Crippen LogP contribution in [0.2, 0.25) is 0 Å². The topological polar surface area (TPSA) is 79.6 Å². The molecule has 3 rings (SSSR count). The van der Waals surface area contributed by atoms with E-state index in [-0.39, 0.29) is 17.7 Å². The molecule has 8 heteroatoms. The van der Waals surface area contributed by atoms with Crippen LogP contribution >= 0.6 is 11.3 Å². The first-order chi connectivity index (χ1) is 12.5. The standard InChI is InChI=1S/C18H24N2O4S2/c1-14(18(21)19-9-6-16-4-2-12-24-16)15-7-10-20(11-8-15)26(22,23)17-5-3-13-25-17/h2-5,12-15H,6-11H2,1H3,(H,19,21)/t14-/m0/s1. The molecule has 0 unspecified atom stereocenters. The van der Waals surface area contributed by atoms with Crippen LogP contribution in [0.5, 0.6) is 0 Å². The number of amides is 1. The smallest absolute Gasteiger partial charge is 0.252 e. The number of hydrogen-bond acceptors (Lipinski definition) is 5. The maximum atomic E-state index is 12.6. The number of carbonyl (C=O) groups is 1. The zero-order valence-corrected chi connectivity index (χ0v) is 16.4. The summed E-state index contributed by atoms with van der Waals surface area (Å²) in [6, 6.07) is 7.11. The van der Waals surface area contributed by atoms with Crippen LogP contribution in [0, 0.1) is 11.8 Å². The Balaban J connectivity index is 1.47. The maximum absolute atomic E-state index is 12.6. The quantitative estimate of drug-likeness (QED) is 0.780. The molecule has 0 aromatic carbocycles. The van der Waals surface area contributed by atoms with Crippen molar-refractivity contribution in [3.63, 3.8) is 0 Å². The Morgan fingerprint density at radius 3 is 2.73 bits per heavy atom. The number of thiophene rings is 1. The highest BCUT2D eigenvalue weighted by atomic mass is 32.2. The second-order valence-corrected chi connectivity index (χ2v) is 9.70. The molecule has 1 saturated heterocycles. The van der Waals surface area contributed by atoms with Crippen molar-refractivity contribution in [1.82, 2.24) is 9.62 Å². The molecule has 6 nitrogen and oxygen atoms in total. The predicted octanol–water partition coefficient (Wildman–Crippen LogP) is 2.74. The van der Waals surface area contributed by atoms with Gasteiger partial charge in [-0.15, -0.1) is 11.3 Å². The third-order valence-electron chi connectivity index (χ3n) is 4.96. The number of rotatable bonds is 7. The van der Waals surface area contributed by atoms with Crippen LogP contribution in [-0.2, 0) is 21.2 Å². The van der Waals surface area contributed by atoms with Gasteiger partial charge in [0, 0.05) is 32.0 Å². The largest absolute Gasteiger partial charge is 0.469 e. The van der Waals surface area contributed by atoms with E-state index in [2.05, 4.69) is 5.32 Å². The number of hydrogen-bond donors (Lipinski definition) is 1. The normalized spacial score (nSPS) is 17.9. The Hall–Kier alpha value is -1.64. The lowest BCUT2D eigenvalue weighted by Gasteiger charge is -2.33. The molecule has 2 aromatic rings. The average Bonchev–Trinajstić information content (AvgIpc) is 3.35. The van der Waals surface area contributed by atoms with Gasteiger partial charge in [0.1, 0.15) is 9.97 Å². The minimum absolute atomic E-state index is 0.0242. The zero-order chi connectivity index (χ0) is 18.6. The van der Waals surface area contributed by atoms with E-state index in [0.29, 0.717) is 43.1 Å². The first-order valence-electron chi connectivity index (χ1n) is 8.82. The lowest BCUT2D eigenvalue weighted by molar-refractivity contribution is -0.126. The highest BCUT2D eigenvalue weighted by molar-refractivity contribution is 7.91. The SMILES string of the molecule is C[C@H](C(=O)NCCc1ccco1)C1CCN(S(=O)(=O)c2cccs2)CC1. The van der Waals surface area contributed by atoms with Crippen molar-refractivity contribution in [1.29, 1.82) is 0 Å². The van der Waals surface area contributed by atoms with Gasteiger partial charge in [-0.25, -0.2) is 8.42 Å². The molecule has 3 heterocycles. The van der Waals surface area contributed by atoms with Gasteiger partial charge in [0.2, 0.25) is 5.91 Å². The van der Waals surface area contributed by atoms with Gasteiger partial charge in [-0.1, -0.05) is 13.0 Å². The van der Waals surface area contributed by atoms with Crippen molar-refractivity contribution in [2.24, 2.45) is 11.8 Å². The number of piperidine rings is 1. The van der Waals surface area contributed by atoms with Crippen molar-refractivity contribution in [3.05, 3.63) is 41.7 Å². The predicted molar refractivity (Wildman–Crippen MR) is 100 cm³/mol. The van der Waals surface area contributed by atoms with Crippen LogP contribution in [0.1, 0.15) is 25.5 Å². The van der Waals surface area contributed by atoms with Crippen LogP contribution in [0.25, 0.3) is 0 Å². The minimum atomic E-state index is -3.39. The Morgan fingerprint density at radius 2 is 2.12 bits per heavy atom. The fourth-order valence-corrected chi connectivity index (χ4v) is 5.91. The van der Waals surface area contributed by atoms with Crippen LogP contribution in [0.4, 0.5) is 0 Å². The molecule has 26 heavy (non-hydrogen) atoms. The van der Waals surface area contributed by atoms with Gasteiger partial charge in [0.05, 0.1) is 6.26 Å². The number of nitrogens with one attached hydrogen (secondary N) is 1. The van der Waals surface area contributed by atoms with Gasteiger partial charge in [-0.2, -0.15) is 4.31 Å². The number of furan rings is 1. The molecule has 0 radical (unpaired) electrons. The Kier molecular flexibility index (Phi) is 6.16. The van der Waals surface area contributed by atoms with Gasteiger partial charge in [-0.3, -0.25) is 4.79 Å². The van der Waals surface area contributed by atoms with Crippen LogP contribution in [-0.4, -0.2) is 38.3 Å². The molecule has 1 aliphatic rings. The van der Waals surface area contributed by atoms with Crippen molar-refractivity contribution in [3.8, 4) is 0 Å². The van der Waals surface area contributed by atoms with Crippen LogP contribution in [0.15, 0.2) is 44.5 Å². The highest BCUT2D eigenvalue weighted by Gasteiger charge is 2.33. The molecular formula is C18H24N2O4S2. The first-order valence-corrected chi connectivity index (χ1v) is 11.1. The molecule has 0 saturated carbocycles. The highest BCUT2D eigenvalue weighted by Crippen LogP contribution is 2.29. The van der Waals surface area contributed by atoms with Crippen molar-refractivity contribution >= 4 is 27.3 Å². The van der Waals surface area contributed by atoms with Crippen molar-refractivity contribution in [2.45, 2.75) is 30.4 Å². The molecule has 1 atom stereocenters. The van der Waals surface area contributed by atoms with Crippen molar-refractivity contribution in [2.75, 3.05) is 19.6 Å². The fraction of sp³-hybridized carbons (Fsp3) is 0.500. The first kappa shape index (κ1) is 19.1. The van der Waals surface area contributed by atoms with Gasteiger partial charge in [0.25, 0.3) is 10.0 Å². The average molecular weight is 397 g/mol. The van der Waals surface area contributed by atoms with Gasteiger partial charge in [-0.05, 0) is 42.3 Å². The van der Waals surface area contributed by atoms with E-state index in [1.165, 1.54) is 15.6 Å². The van der Waals surface area contributed by atoms with Gasteiger partial charge >= 0.3 is 0 Å². The molecule has 0 spiro atoms. The van der Waals surface area contributed by atoms with Gasteiger partial charge in [0.15, 0.2) is 0 Å². The summed E-state index contributed by atoms with van der Waals surface area (Å²) in [5.41, 5.74) is 0. The lowest BCUT2D eigenvalue weighted by Crippen LogP contribution is -2.42. The van der Waals surface area contributed by atoms with Crippen LogP contribution < -0.4 is 5.32 Å². The van der Waals surface area contributed by atoms with E-state index in [0.717, 1.165) is 5.76 Å². The summed E-state index contributed by atoms with van der Waals surface area (Å²) >= 11 is 1.24. The van der Waals surface area contributed by atoms with E-state index in [9.17, 15) is 13.2 Å². The second-order valence-electron chi connectivity index (χ2n) is 6.58. The molecule has 0 aliphatic carbocycles. The Bertz CT molecular complexity index is 792. The lowest BCUT2D eigenvalue weighted by atomic mass is 9.85. The number of carbonyl (C=O) groups excluding carboxylic acids is 1. The fourth-order valence-electron chi connectivity index (χ4n) is 3.29. The minimum Gasteiger partial charge on any atom is -0.469 e. The summed E-state index contributed by atoms with van der Waals surface area (Å²) in [6.45, 7) is 3.41. The second kappa shape index (κ2) is 8.37. The summed E-state index contributed by atoms with van der Waals surface area (Å²) in [7, 11) is -3.39. The van der Waals surface area contributed by atoms with E-state index in [4.69, 9.17) is 4.42 Å². The zero-order valence-electron chi connectivity index (χ0n) is 14.8. The number of sulfonamides is 1. The van der Waals surface area contributed by atoms with Crippen LogP contribution in [0.3, 0.4) is 0 Å². The summed E-state index contributed by atoms with van der Waals surface area (Å²) in [5, 5.41) is 4.73. The van der Waals surface area contributed by atoms with E-state index in [1.54, 1.807) is 23.8 Å². The summed E-state index contributed by atoms with van der Waals surface area (Å²) < 4.78 is 32.3. The third kappa shape index (κ3) is 4.36. The Morgan fingerprint density at radius 1 is 1.35 bits per heavy atom. The molecule has 0 bridgehead atoms. The number of nitrogens with zero attached hydrogens (tertiary/aromatic N) is 1. The molecule has 1 amide bonds. The maximum Gasteiger partial charge on any atom is 0.252 e. The summed E-state index contributed by atoms with van der Waals surface area (Å²) in [6.07, 6.45) is 3.70.